The molecule has 1 aromatic heterocycles. The summed E-state index contributed by atoms with van der Waals surface area (Å²) in [5, 5.41) is 2.88. The number of amides is 1. The Morgan fingerprint density at radius 3 is 2.52 bits per heavy atom. The van der Waals surface area contributed by atoms with Crippen molar-refractivity contribution in [2.75, 3.05) is 11.1 Å². The monoisotopic (exact) mass is 283 g/mol. The molecule has 0 saturated heterocycles. The summed E-state index contributed by atoms with van der Waals surface area (Å²) in [5.74, 6) is 0.474. The van der Waals surface area contributed by atoms with E-state index >= 15 is 0 Å². The molecule has 0 radical (unpaired) electrons. The Hall–Kier alpha value is -2.36. The summed E-state index contributed by atoms with van der Waals surface area (Å²) < 4.78 is 0. The first-order valence-electron chi connectivity index (χ1n) is 7.13. The first-order chi connectivity index (χ1) is 10.0. The van der Waals surface area contributed by atoms with Crippen LogP contribution in [0, 0.1) is 13.8 Å². The van der Waals surface area contributed by atoms with Crippen LogP contribution in [0.25, 0.3) is 0 Å². The molecule has 110 valence electrons. The molecule has 4 heteroatoms. The summed E-state index contributed by atoms with van der Waals surface area (Å²) in [6.07, 6.45) is 2.24. The highest BCUT2D eigenvalue weighted by molar-refractivity contribution is 5.91. The minimum absolute atomic E-state index is 0.0109. The van der Waals surface area contributed by atoms with Crippen LogP contribution in [0.3, 0.4) is 0 Å². The van der Waals surface area contributed by atoms with Crippen molar-refractivity contribution in [3.8, 4) is 0 Å². The highest BCUT2D eigenvalue weighted by Crippen LogP contribution is 2.14. The summed E-state index contributed by atoms with van der Waals surface area (Å²) in [4.78, 5) is 16.0. The molecule has 1 amide bonds. The Morgan fingerprint density at radius 2 is 1.86 bits per heavy atom. The molecule has 0 atom stereocenters. The van der Waals surface area contributed by atoms with Gasteiger partial charge >= 0.3 is 0 Å². The van der Waals surface area contributed by atoms with Gasteiger partial charge in [-0.3, -0.25) is 4.79 Å². The molecule has 4 nitrogen and oxygen atoms in total. The van der Waals surface area contributed by atoms with Gasteiger partial charge in [0.15, 0.2) is 0 Å². The first kappa shape index (κ1) is 15.0. The Kier molecular flexibility index (Phi) is 4.93. The number of aryl methyl sites for hydroxylation is 3. The number of carbonyl (C=O) groups is 1. The van der Waals surface area contributed by atoms with Crippen molar-refractivity contribution < 1.29 is 4.79 Å². The number of nitrogens with one attached hydrogen (secondary N) is 1. The van der Waals surface area contributed by atoms with Gasteiger partial charge in [-0.1, -0.05) is 29.8 Å². The van der Waals surface area contributed by atoms with Crippen molar-refractivity contribution in [3.05, 3.63) is 53.2 Å². The topological polar surface area (TPSA) is 68.0 Å². The molecule has 0 fully saturated rings. The van der Waals surface area contributed by atoms with Gasteiger partial charge in [0.05, 0.1) is 11.4 Å². The number of carbonyl (C=O) groups excluding carboxylic acids is 1. The predicted octanol–water partition coefficient (Wildman–Crippen LogP) is 3.24. The van der Waals surface area contributed by atoms with Crippen molar-refractivity contribution in [2.45, 2.75) is 33.1 Å². The Bertz CT molecular complexity index is 620. The molecule has 2 rings (SSSR count). The van der Waals surface area contributed by atoms with Crippen molar-refractivity contribution in [3.63, 3.8) is 0 Å². The molecule has 0 unspecified atom stereocenters. The summed E-state index contributed by atoms with van der Waals surface area (Å²) in [6.45, 7) is 3.90. The van der Waals surface area contributed by atoms with Crippen LogP contribution in [0.2, 0.25) is 0 Å². The lowest BCUT2D eigenvalue weighted by atomic mass is 10.1. The second-order valence-corrected chi connectivity index (χ2v) is 5.26. The zero-order valence-electron chi connectivity index (χ0n) is 12.5. The summed E-state index contributed by atoms with van der Waals surface area (Å²) in [7, 11) is 0. The minimum atomic E-state index is 0.0109. The van der Waals surface area contributed by atoms with Gasteiger partial charge in [-0.15, -0.1) is 0 Å². The SMILES string of the molecule is Cc1ccc(CCCC(=O)Nc2ccc(N)nc2C)cc1. The van der Waals surface area contributed by atoms with Crippen LogP contribution in [-0.4, -0.2) is 10.9 Å². The number of aromatic nitrogens is 1. The summed E-state index contributed by atoms with van der Waals surface area (Å²) >= 11 is 0. The second kappa shape index (κ2) is 6.88. The Labute approximate surface area is 125 Å². The van der Waals surface area contributed by atoms with Crippen LogP contribution in [0.1, 0.15) is 29.7 Å². The molecule has 0 spiro atoms. The van der Waals surface area contributed by atoms with E-state index in [4.69, 9.17) is 5.73 Å². The molecular weight excluding hydrogens is 262 g/mol. The third kappa shape index (κ3) is 4.60. The average molecular weight is 283 g/mol. The zero-order valence-corrected chi connectivity index (χ0v) is 12.5. The highest BCUT2D eigenvalue weighted by atomic mass is 16.1. The van der Waals surface area contributed by atoms with Crippen molar-refractivity contribution in [1.29, 1.82) is 0 Å². The molecular formula is C17H21N3O. The fourth-order valence-corrected chi connectivity index (χ4v) is 2.13. The van der Waals surface area contributed by atoms with Crippen LogP contribution in [0.5, 0.6) is 0 Å². The van der Waals surface area contributed by atoms with E-state index in [9.17, 15) is 4.79 Å². The van der Waals surface area contributed by atoms with Gasteiger partial charge in [0.2, 0.25) is 5.91 Å². The lowest BCUT2D eigenvalue weighted by Gasteiger charge is -2.08. The molecule has 1 heterocycles. The molecule has 0 saturated carbocycles. The van der Waals surface area contributed by atoms with Crippen molar-refractivity contribution in [2.24, 2.45) is 0 Å². The number of benzene rings is 1. The normalized spacial score (nSPS) is 10.4. The van der Waals surface area contributed by atoms with E-state index in [1.807, 2.05) is 6.92 Å². The number of pyridine rings is 1. The van der Waals surface area contributed by atoms with E-state index in [1.165, 1.54) is 11.1 Å². The lowest BCUT2D eigenvalue weighted by Crippen LogP contribution is -2.13. The maximum atomic E-state index is 11.9. The first-order valence-corrected chi connectivity index (χ1v) is 7.13. The Balaban J connectivity index is 1.81. The molecule has 0 aliphatic heterocycles. The largest absolute Gasteiger partial charge is 0.384 e. The second-order valence-electron chi connectivity index (χ2n) is 5.26. The van der Waals surface area contributed by atoms with Gasteiger partial charge in [-0.05, 0) is 44.4 Å². The highest BCUT2D eigenvalue weighted by Gasteiger charge is 2.06. The third-order valence-electron chi connectivity index (χ3n) is 3.37. The van der Waals surface area contributed by atoms with Gasteiger partial charge in [-0.2, -0.15) is 0 Å². The van der Waals surface area contributed by atoms with E-state index in [0.29, 0.717) is 12.2 Å². The number of hydrogen-bond acceptors (Lipinski definition) is 3. The summed E-state index contributed by atoms with van der Waals surface area (Å²) in [6, 6.07) is 11.9. The van der Waals surface area contributed by atoms with Crippen LogP contribution in [0.15, 0.2) is 36.4 Å². The molecule has 21 heavy (non-hydrogen) atoms. The van der Waals surface area contributed by atoms with Crippen molar-refractivity contribution in [1.82, 2.24) is 4.98 Å². The number of nitrogens with two attached hydrogens (primary N) is 1. The van der Waals surface area contributed by atoms with E-state index in [1.54, 1.807) is 12.1 Å². The lowest BCUT2D eigenvalue weighted by molar-refractivity contribution is -0.116. The van der Waals surface area contributed by atoms with Gasteiger partial charge in [0.1, 0.15) is 5.82 Å². The third-order valence-corrected chi connectivity index (χ3v) is 3.37. The van der Waals surface area contributed by atoms with E-state index in [-0.39, 0.29) is 5.91 Å². The minimum Gasteiger partial charge on any atom is -0.384 e. The van der Waals surface area contributed by atoms with E-state index in [2.05, 4.69) is 41.5 Å². The van der Waals surface area contributed by atoms with E-state index < -0.39 is 0 Å². The molecule has 0 aliphatic carbocycles. The van der Waals surface area contributed by atoms with Crippen LogP contribution >= 0.6 is 0 Å². The molecule has 2 aromatic rings. The number of nitrogens with zero attached hydrogens (tertiary/aromatic N) is 1. The molecule has 0 bridgehead atoms. The van der Waals surface area contributed by atoms with Gasteiger partial charge in [0.25, 0.3) is 0 Å². The molecule has 1 aromatic carbocycles. The average Bonchev–Trinajstić information content (AvgIpc) is 2.44. The van der Waals surface area contributed by atoms with Crippen LogP contribution in [0.4, 0.5) is 11.5 Å². The quantitative estimate of drug-likeness (QED) is 0.885. The summed E-state index contributed by atoms with van der Waals surface area (Å²) in [5.41, 5.74) is 9.57. The fourth-order valence-electron chi connectivity index (χ4n) is 2.13. The number of rotatable bonds is 5. The number of hydrogen-bond donors (Lipinski definition) is 2. The standard InChI is InChI=1S/C17H21N3O/c1-12-6-8-14(9-7-12)4-3-5-17(21)20-15-10-11-16(18)19-13(15)2/h6-11H,3-5H2,1-2H3,(H2,18,19)(H,20,21). The van der Waals surface area contributed by atoms with Crippen LogP contribution < -0.4 is 11.1 Å². The number of anilines is 2. The predicted molar refractivity (Wildman–Crippen MR) is 86.1 cm³/mol. The maximum absolute atomic E-state index is 11.9. The Morgan fingerprint density at radius 1 is 1.14 bits per heavy atom. The molecule has 0 aliphatic rings. The van der Waals surface area contributed by atoms with Gasteiger partial charge in [0, 0.05) is 6.42 Å². The van der Waals surface area contributed by atoms with Crippen LogP contribution in [-0.2, 0) is 11.2 Å². The van der Waals surface area contributed by atoms with Crippen molar-refractivity contribution >= 4 is 17.4 Å². The van der Waals surface area contributed by atoms with E-state index in [0.717, 1.165) is 24.2 Å². The maximum Gasteiger partial charge on any atom is 0.224 e. The smallest absolute Gasteiger partial charge is 0.224 e. The molecule has 3 N–H and O–H groups in total. The zero-order chi connectivity index (χ0) is 15.2. The van der Waals surface area contributed by atoms with Gasteiger partial charge in [-0.25, -0.2) is 4.98 Å². The fraction of sp³-hybridized carbons (Fsp3) is 0.294. The number of nitrogen functional groups attached to an aromatic ring is 1. The van der Waals surface area contributed by atoms with Gasteiger partial charge < -0.3 is 11.1 Å².